The Balaban J connectivity index is 1.55. The third kappa shape index (κ3) is 4.00. The van der Waals surface area contributed by atoms with Gasteiger partial charge in [-0.15, -0.1) is 0 Å². The summed E-state index contributed by atoms with van der Waals surface area (Å²) in [5.74, 6) is -0.571. The van der Waals surface area contributed by atoms with Gasteiger partial charge in [0.15, 0.2) is 9.84 Å². The van der Waals surface area contributed by atoms with Crippen molar-refractivity contribution in [3.8, 4) is 0 Å². The Morgan fingerprint density at radius 2 is 1.80 bits per heavy atom. The van der Waals surface area contributed by atoms with Gasteiger partial charge in [-0.1, -0.05) is 12.8 Å². The summed E-state index contributed by atoms with van der Waals surface area (Å²) in [5, 5.41) is 12.0. The smallest absolute Gasteiger partial charge is 0.317 e. The fourth-order valence-corrected chi connectivity index (χ4v) is 5.61. The summed E-state index contributed by atoms with van der Waals surface area (Å²) < 4.78 is 23.1. The van der Waals surface area contributed by atoms with E-state index in [0.717, 1.165) is 25.6 Å². The van der Waals surface area contributed by atoms with Crippen molar-refractivity contribution in [2.24, 2.45) is 5.92 Å². The number of hydrogen-bond donors (Lipinski definition) is 2. The van der Waals surface area contributed by atoms with Crippen LogP contribution < -0.4 is 5.32 Å². The minimum atomic E-state index is -3.45. The van der Waals surface area contributed by atoms with E-state index < -0.39 is 20.6 Å². The van der Waals surface area contributed by atoms with Gasteiger partial charge in [-0.2, -0.15) is 0 Å². The molecular formula is C17H28N2O5S. The zero-order valence-electron chi connectivity index (χ0n) is 14.7. The summed E-state index contributed by atoms with van der Waals surface area (Å²) >= 11 is 0. The number of amides is 1. The van der Waals surface area contributed by atoms with Crippen LogP contribution in [0.4, 0.5) is 0 Å². The highest BCUT2D eigenvalue weighted by Crippen LogP contribution is 2.38. The third-order valence-corrected chi connectivity index (χ3v) is 8.04. The van der Waals surface area contributed by atoms with E-state index in [0.29, 0.717) is 31.6 Å². The number of carbonyl (C=O) groups excluding carboxylic acids is 1. The molecule has 2 N–H and O–H groups in total. The predicted octanol–water partition coefficient (Wildman–Crippen LogP) is 0.788. The molecule has 0 aromatic heterocycles. The van der Waals surface area contributed by atoms with Gasteiger partial charge in [0.25, 0.3) is 0 Å². The van der Waals surface area contributed by atoms with Gasteiger partial charge < -0.3 is 10.4 Å². The molecule has 0 heterocycles. The highest BCUT2D eigenvalue weighted by molar-refractivity contribution is 7.92. The minimum absolute atomic E-state index is 0.0368. The van der Waals surface area contributed by atoms with Crippen LogP contribution in [-0.2, 0) is 19.4 Å². The van der Waals surface area contributed by atoms with Crippen LogP contribution in [0.2, 0.25) is 0 Å². The molecule has 0 unspecified atom stereocenters. The lowest BCUT2D eigenvalue weighted by atomic mass is 9.84. The van der Waals surface area contributed by atoms with Crippen molar-refractivity contribution in [1.29, 1.82) is 0 Å². The first kappa shape index (κ1) is 18.6. The Morgan fingerprint density at radius 3 is 2.28 bits per heavy atom. The van der Waals surface area contributed by atoms with Crippen LogP contribution in [0.5, 0.6) is 0 Å². The molecule has 142 valence electrons. The van der Waals surface area contributed by atoms with Crippen LogP contribution in [0.3, 0.4) is 0 Å². The summed E-state index contributed by atoms with van der Waals surface area (Å²) in [4.78, 5) is 25.7. The Kier molecular flexibility index (Phi) is 5.12. The number of hydrogen-bond acceptors (Lipinski definition) is 5. The molecule has 0 bridgehead atoms. The van der Waals surface area contributed by atoms with Gasteiger partial charge in [0, 0.05) is 24.9 Å². The molecule has 8 heteroatoms. The van der Waals surface area contributed by atoms with E-state index in [4.69, 9.17) is 5.11 Å². The second-order valence-electron chi connectivity index (χ2n) is 8.04. The van der Waals surface area contributed by atoms with Gasteiger partial charge >= 0.3 is 5.97 Å². The molecular weight excluding hydrogens is 344 g/mol. The average Bonchev–Trinajstić information content (AvgIpc) is 3.11. The molecule has 1 amide bonds. The van der Waals surface area contributed by atoms with Crippen molar-refractivity contribution in [2.45, 2.75) is 68.2 Å². The van der Waals surface area contributed by atoms with Crippen molar-refractivity contribution in [3.05, 3.63) is 0 Å². The Labute approximate surface area is 149 Å². The zero-order valence-corrected chi connectivity index (χ0v) is 15.6. The first-order chi connectivity index (χ1) is 11.7. The molecule has 25 heavy (non-hydrogen) atoms. The van der Waals surface area contributed by atoms with Gasteiger partial charge in [-0.25, -0.2) is 8.42 Å². The molecule has 0 spiro atoms. The van der Waals surface area contributed by atoms with Crippen LogP contribution in [0.15, 0.2) is 0 Å². The largest absolute Gasteiger partial charge is 0.480 e. The number of rotatable bonds is 8. The maximum absolute atomic E-state index is 12.7. The topological polar surface area (TPSA) is 104 Å². The summed E-state index contributed by atoms with van der Waals surface area (Å²) in [6, 6.07) is 0.118. The lowest BCUT2D eigenvalue weighted by Gasteiger charge is -2.43. The summed E-state index contributed by atoms with van der Waals surface area (Å²) in [5.41, 5.74) is 0. The number of nitrogens with zero attached hydrogens (tertiary/aromatic N) is 1. The maximum Gasteiger partial charge on any atom is 0.317 e. The van der Waals surface area contributed by atoms with E-state index in [-0.39, 0.29) is 24.5 Å². The monoisotopic (exact) mass is 372 g/mol. The van der Waals surface area contributed by atoms with E-state index in [1.807, 2.05) is 4.90 Å². The number of aliphatic carboxylic acids is 1. The molecule has 0 saturated heterocycles. The number of carboxylic acids is 1. The summed E-state index contributed by atoms with van der Waals surface area (Å²) in [7, 11) is -3.45. The van der Waals surface area contributed by atoms with Crippen LogP contribution >= 0.6 is 0 Å². The first-order valence-corrected chi connectivity index (χ1v) is 11.1. The van der Waals surface area contributed by atoms with E-state index in [1.54, 1.807) is 0 Å². The van der Waals surface area contributed by atoms with E-state index in [1.165, 1.54) is 12.8 Å². The molecule has 3 rings (SSSR count). The van der Waals surface area contributed by atoms with E-state index in [2.05, 4.69) is 5.32 Å². The number of carbonyl (C=O) groups is 2. The van der Waals surface area contributed by atoms with Gasteiger partial charge in [0.2, 0.25) is 5.91 Å². The summed E-state index contributed by atoms with van der Waals surface area (Å²) in [6.07, 6.45) is 7.23. The second-order valence-corrected chi connectivity index (χ2v) is 10.4. The van der Waals surface area contributed by atoms with Gasteiger partial charge in [0.1, 0.15) is 4.75 Å². The minimum Gasteiger partial charge on any atom is -0.480 e. The molecule has 0 aromatic rings. The molecule has 7 nitrogen and oxygen atoms in total. The summed E-state index contributed by atoms with van der Waals surface area (Å²) in [6.45, 7) is 0.847. The van der Waals surface area contributed by atoms with E-state index in [9.17, 15) is 18.0 Å². The lowest BCUT2D eigenvalue weighted by molar-refractivity contribution is -0.140. The van der Waals surface area contributed by atoms with Gasteiger partial charge in [-0.05, 0) is 44.4 Å². The molecule has 3 saturated carbocycles. The predicted molar refractivity (Wildman–Crippen MR) is 92.9 cm³/mol. The van der Waals surface area contributed by atoms with Crippen molar-refractivity contribution in [2.75, 3.05) is 19.3 Å². The fourth-order valence-electron chi connectivity index (χ4n) is 4.18. The first-order valence-electron chi connectivity index (χ1n) is 9.18. The highest BCUT2D eigenvalue weighted by Gasteiger charge is 2.51. The van der Waals surface area contributed by atoms with E-state index >= 15 is 0 Å². The van der Waals surface area contributed by atoms with Crippen molar-refractivity contribution in [1.82, 2.24) is 10.2 Å². The Hall–Kier alpha value is -1.15. The molecule has 0 radical (unpaired) electrons. The van der Waals surface area contributed by atoms with Crippen LogP contribution in [0, 0.1) is 5.92 Å². The second kappa shape index (κ2) is 6.87. The van der Waals surface area contributed by atoms with Crippen molar-refractivity contribution in [3.63, 3.8) is 0 Å². The third-order valence-electron chi connectivity index (χ3n) is 6.03. The quantitative estimate of drug-likeness (QED) is 0.653. The molecule has 0 aliphatic heterocycles. The molecule has 3 fully saturated rings. The Morgan fingerprint density at radius 1 is 1.20 bits per heavy atom. The molecule has 3 aliphatic rings. The SMILES string of the molecule is CS(=O)(=O)C1(C(=O)NC2CC(N(CC(=O)O)CC3CC3)C2)CCCC1. The number of nitrogens with one attached hydrogen (secondary N) is 1. The number of carboxylic acid groups (broad SMARTS) is 1. The maximum atomic E-state index is 12.7. The van der Waals surface area contributed by atoms with Crippen LogP contribution in [-0.4, -0.2) is 66.5 Å². The number of sulfone groups is 1. The van der Waals surface area contributed by atoms with Gasteiger partial charge in [0.05, 0.1) is 6.54 Å². The average molecular weight is 372 g/mol. The van der Waals surface area contributed by atoms with Crippen LogP contribution in [0.25, 0.3) is 0 Å². The fraction of sp³-hybridized carbons (Fsp3) is 0.882. The molecule has 3 aliphatic carbocycles. The van der Waals surface area contributed by atoms with Crippen LogP contribution in [0.1, 0.15) is 51.4 Å². The normalized spacial score (nSPS) is 28.6. The highest BCUT2D eigenvalue weighted by atomic mass is 32.2. The molecule has 0 atom stereocenters. The zero-order chi connectivity index (χ0) is 18.2. The molecule has 0 aromatic carbocycles. The lowest BCUT2D eigenvalue weighted by Crippen LogP contribution is -2.59. The van der Waals surface area contributed by atoms with Crippen molar-refractivity contribution < 1.29 is 23.1 Å². The van der Waals surface area contributed by atoms with Gasteiger partial charge in [-0.3, -0.25) is 14.5 Å². The Bertz CT molecular complexity index is 631. The standard InChI is InChI=1S/C17H28N2O5S/c1-25(23,24)17(6-2-3-7-17)16(22)18-13-8-14(9-13)19(11-15(20)21)10-12-4-5-12/h12-14H,2-11H2,1H3,(H,18,22)(H,20,21). The van der Waals surface area contributed by atoms with Crippen molar-refractivity contribution >= 4 is 21.7 Å².